The van der Waals surface area contributed by atoms with Crippen LogP contribution in [0.15, 0.2) is 18.3 Å². The van der Waals surface area contributed by atoms with Crippen molar-refractivity contribution in [2.24, 2.45) is 16.7 Å². The number of H-pyrrole nitrogens is 1. The number of nitrogens with one attached hydrogen (secondary N) is 1. The maximum absolute atomic E-state index is 13.2. The first-order valence-electron chi connectivity index (χ1n) is 12.4. The molecule has 1 aromatic heterocycles. The van der Waals surface area contributed by atoms with Crippen LogP contribution >= 0.6 is 0 Å². The molecule has 0 aromatic carbocycles. The lowest BCUT2D eigenvalue weighted by molar-refractivity contribution is -0.386. The van der Waals surface area contributed by atoms with Crippen molar-refractivity contribution in [3.63, 3.8) is 0 Å². The largest absolute Gasteiger partial charge is 0.451 e. The Balaban J connectivity index is 1.55. The highest BCUT2D eigenvalue weighted by atomic mass is 16.7. The second-order valence-corrected chi connectivity index (χ2v) is 12.8. The number of carbonyl (C=O) groups excluding carboxylic acids is 1. The van der Waals surface area contributed by atoms with Crippen LogP contribution in [0.5, 0.6) is 0 Å². The van der Waals surface area contributed by atoms with Crippen LogP contribution in [0.1, 0.15) is 64.4 Å². The zero-order chi connectivity index (χ0) is 25.5. The Hall–Kier alpha value is -1.53. The Morgan fingerprint density at radius 2 is 1.77 bits per heavy atom. The zero-order valence-corrected chi connectivity index (χ0v) is 20.5. The van der Waals surface area contributed by atoms with Gasteiger partial charge in [0.05, 0.1) is 17.1 Å². The van der Waals surface area contributed by atoms with Gasteiger partial charge in [-0.1, -0.05) is 13.8 Å². The summed E-state index contributed by atoms with van der Waals surface area (Å²) in [6, 6.07) is 3.16. The number of esters is 1. The van der Waals surface area contributed by atoms with E-state index in [1.807, 2.05) is 0 Å². The molecule has 7 fully saturated rings. The quantitative estimate of drug-likeness (QED) is 0.246. The average molecular weight is 492 g/mol. The van der Waals surface area contributed by atoms with Gasteiger partial charge in [0.25, 0.3) is 0 Å². The summed E-state index contributed by atoms with van der Waals surface area (Å²) in [5, 5.41) is 61.9. The topological polar surface area (TPSA) is 165 Å². The summed E-state index contributed by atoms with van der Waals surface area (Å²) >= 11 is 0. The van der Waals surface area contributed by atoms with Crippen LogP contribution in [-0.2, 0) is 14.2 Å². The molecular formula is C25H33NO9. The van der Waals surface area contributed by atoms with Gasteiger partial charge in [-0.25, -0.2) is 4.79 Å². The summed E-state index contributed by atoms with van der Waals surface area (Å²) in [7, 11) is 0. The molecule has 192 valence electrons. The molecule has 0 amide bonds. The predicted molar refractivity (Wildman–Crippen MR) is 117 cm³/mol. The van der Waals surface area contributed by atoms with E-state index in [4.69, 9.17) is 14.2 Å². The van der Waals surface area contributed by atoms with E-state index in [9.17, 15) is 30.3 Å². The number of carbonyl (C=O) groups is 1. The first-order chi connectivity index (χ1) is 16.0. The molecular weight excluding hydrogens is 458 g/mol. The van der Waals surface area contributed by atoms with Crippen molar-refractivity contribution in [3.05, 3.63) is 24.0 Å². The number of epoxide rings is 1. The highest BCUT2D eigenvalue weighted by molar-refractivity contribution is 5.88. The van der Waals surface area contributed by atoms with Gasteiger partial charge in [-0.15, -0.1) is 0 Å². The molecule has 4 aliphatic carbocycles. The second-order valence-electron chi connectivity index (χ2n) is 12.8. The van der Waals surface area contributed by atoms with Gasteiger partial charge in [-0.2, -0.15) is 0 Å². The molecule has 0 radical (unpaired) electrons. The summed E-state index contributed by atoms with van der Waals surface area (Å²) in [5.74, 6) is -3.26. The van der Waals surface area contributed by atoms with Crippen molar-refractivity contribution in [2.45, 2.75) is 105 Å². The molecule has 3 aliphatic heterocycles. The first kappa shape index (κ1) is 22.7. The standard InChI is InChI=1S/C25H33NO9/c1-12-8-9-20(29)18(4)11-21(30)19(5)24(17(2,3)34-24)16(33-15(28)13-7-6-10-26-13)22(18,31)25(19,32)23(20,35-21)14(12)27/h6-7,10,12,14,16,26-27,29-32H,8-9,11H2,1-5H3/t12-,14+,16-,18-,19+,20-,21-,22+,23+,24+,25+/m0/s1. The fourth-order valence-electron chi connectivity index (χ4n) is 10.1. The van der Waals surface area contributed by atoms with Crippen LogP contribution in [0.3, 0.4) is 0 Å². The molecule has 8 rings (SSSR count). The fraction of sp³-hybridized carbons (Fsp3) is 0.800. The summed E-state index contributed by atoms with van der Waals surface area (Å²) in [4.78, 5) is 16.0. The van der Waals surface area contributed by atoms with Gasteiger partial charge in [-0.3, -0.25) is 0 Å². The number of aromatic amines is 1. The normalized spacial score (nSPS) is 62.4. The number of ether oxygens (including phenoxy) is 3. The minimum Gasteiger partial charge on any atom is -0.451 e. The zero-order valence-electron chi connectivity index (χ0n) is 20.5. The van der Waals surface area contributed by atoms with E-state index in [1.165, 1.54) is 6.07 Å². The number of rotatable bonds is 2. The van der Waals surface area contributed by atoms with Gasteiger partial charge >= 0.3 is 5.97 Å². The molecule has 6 bridgehead atoms. The highest BCUT2D eigenvalue weighted by Gasteiger charge is 3.13. The summed E-state index contributed by atoms with van der Waals surface area (Å²) in [6.07, 6.45) is -1.04. The van der Waals surface area contributed by atoms with Gasteiger partial charge in [0.1, 0.15) is 22.5 Å². The summed E-state index contributed by atoms with van der Waals surface area (Å²) in [5.41, 5.74) is -14.7. The van der Waals surface area contributed by atoms with Crippen LogP contribution < -0.4 is 0 Å². The Kier molecular flexibility index (Phi) is 3.47. The number of hydrogen-bond acceptors (Lipinski definition) is 9. The predicted octanol–water partition coefficient (Wildman–Crippen LogP) is -0.0271. The van der Waals surface area contributed by atoms with Gasteiger partial charge in [0, 0.05) is 18.0 Å². The molecule has 1 aromatic rings. The molecule has 4 heterocycles. The first-order valence-corrected chi connectivity index (χ1v) is 12.4. The van der Waals surface area contributed by atoms with Crippen molar-refractivity contribution in [3.8, 4) is 0 Å². The molecule has 35 heavy (non-hydrogen) atoms. The van der Waals surface area contributed by atoms with E-state index in [1.54, 1.807) is 46.9 Å². The molecule has 3 saturated heterocycles. The third kappa shape index (κ3) is 1.57. The molecule has 11 atom stereocenters. The minimum atomic E-state index is -2.42. The van der Waals surface area contributed by atoms with E-state index in [-0.39, 0.29) is 18.5 Å². The fourth-order valence-corrected chi connectivity index (χ4v) is 10.1. The average Bonchev–Trinajstić information content (AvgIpc) is 3.08. The Bertz CT molecular complexity index is 1190. The third-order valence-corrected chi connectivity index (χ3v) is 11.6. The maximum atomic E-state index is 13.2. The molecule has 4 saturated carbocycles. The number of aliphatic hydroxyl groups is 5. The third-order valence-electron chi connectivity index (χ3n) is 11.6. The molecule has 7 aliphatic rings. The van der Waals surface area contributed by atoms with Crippen LogP contribution in [0.25, 0.3) is 0 Å². The van der Waals surface area contributed by atoms with Gasteiger partial charge in [0.15, 0.2) is 23.1 Å². The lowest BCUT2D eigenvalue weighted by Crippen LogP contribution is -2.75. The van der Waals surface area contributed by atoms with Crippen molar-refractivity contribution in [2.75, 3.05) is 0 Å². The van der Waals surface area contributed by atoms with E-state index in [2.05, 4.69) is 4.98 Å². The summed E-state index contributed by atoms with van der Waals surface area (Å²) < 4.78 is 18.6. The lowest BCUT2D eigenvalue weighted by Gasteiger charge is -2.60. The minimum absolute atomic E-state index is 0.118. The SMILES string of the molecule is C[C@H]1CC[C@]2(O)[C@]3(C)C[C@]4(O)O[C@@]2([C@@H]1O)[C@]1(O)[C@@]3(O)[C@H](OC(=O)c2ccc[nH]2)[C@]2(OC2(C)C)[C@]14C. The Morgan fingerprint density at radius 3 is 2.34 bits per heavy atom. The van der Waals surface area contributed by atoms with E-state index in [0.29, 0.717) is 6.42 Å². The molecule has 2 spiro atoms. The van der Waals surface area contributed by atoms with Crippen molar-refractivity contribution >= 4 is 5.97 Å². The van der Waals surface area contributed by atoms with Crippen LogP contribution in [-0.4, -0.2) is 88.1 Å². The van der Waals surface area contributed by atoms with Crippen molar-refractivity contribution in [1.29, 1.82) is 0 Å². The van der Waals surface area contributed by atoms with E-state index < -0.39 is 74.3 Å². The molecule has 10 heteroatoms. The number of hydrogen-bond donors (Lipinski definition) is 6. The van der Waals surface area contributed by atoms with Gasteiger partial charge in [0.2, 0.25) is 0 Å². The monoisotopic (exact) mass is 491 g/mol. The second kappa shape index (κ2) is 5.36. The number of aliphatic hydroxyl groups excluding tert-OH is 1. The van der Waals surface area contributed by atoms with Crippen LogP contribution in [0.2, 0.25) is 0 Å². The van der Waals surface area contributed by atoms with Gasteiger partial charge in [-0.05, 0) is 51.7 Å². The van der Waals surface area contributed by atoms with Crippen LogP contribution in [0, 0.1) is 16.7 Å². The smallest absolute Gasteiger partial charge is 0.355 e. The van der Waals surface area contributed by atoms with Gasteiger partial charge < -0.3 is 44.7 Å². The highest BCUT2D eigenvalue weighted by Crippen LogP contribution is 2.93. The van der Waals surface area contributed by atoms with Crippen molar-refractivity contribution < 1.29 is 44.5 Å². The van der Waals surface area contributed by atoms with E-state index in [0.717, 1.165) is 0 Å². The maximum Gasteiger partial charge on any atom is 0.355 e. The Labute approximate surface area is 202 Å². The molecule has 0 unspecified atom stereocenters. The Morgan fingerprint density at radius 1 is 1.11 bits per heavy atom. The summed E-state index contributed by atoms with van der Waals surface area (Å²) in [6.45, 7) is 8.39. The number of aromatic nitrogens is 1. The molecule has 6 N–H and O–H groups in total. The van der Waals surface area contributed by atoms with Crippen molar-refractivity contribution in [1.82, 2.24) is 4.98 Å². The van der Waals surface area contributed by atoms with E-state index >= 15 is 0 Å². The molecule has 10 nitrogen and oxygen atoms in total. The van der Waals surface area contributed by atoms with Crippen LogP contribution in [0.4, 0.5) is 0 Å². The lowest BCUT2D eigenvalue weighted by atomic mass is 9.53.